The fraction of sp³-hybridized carbons (Fsp3) is 0.391. The minimum absolute atomic E-state index is 0.173. The van der Waals surface area contributed by atoms with Gasteiger partial charge in [-0.15, -0.1) is 0 Å². The van der Waals surface area contributed by atoms with Crippen LogP contribution in [0.3, 0.4) is 0 Å². The maximum Gasteiger partial charge on any atom is 0.261 e. The summed E-state index contributed by atoms with van der Waals surface area (Å²) in [6.07, 6.45) is 1.30. The number of para-hydroxylation sites is 1. The van der Waals surface area contributed by atoms with Crippen LogP contribution in [0, 0.1) is 0 Å². The van der Waals surface area contributed by atoms with Crippen LogP contribution in [0.1, 0.15) is 32.3 Å². The summed E-state index contributed by atoms with van der Waals surface area (Å²) in [5.41, 5.74) is 0.863. The number of carbonyl (C=O) groups excluding carboxylic acids is 2. The molecule has 0 bridgehead atoms. The van der Waals surface area contributed by atoms with E-state index in [1.54, 1.807) is 36.3 Å². The van der Waals surface area contributed by atoms with Crippen molar-refractivity contribution in [1.29, 1.82) is 0 Å². The third-order valence-corrected chi connectivity index (χ3v) is 4.92. The van der Waals surface area contributed by atoms with Crippen molar-refractivity contribution >= 4 is 23.4 Å². The molecule has 162 valence electrons. The molecule has 2 rings (SSSR count). The number of nitrogens with one attached hydrogen (secondary N) is 1. The van der Waals surface area contributed by atoms with E-state index in [4.69, 9.17) is 21.1 Å². The number of nitrogens with zero attached hydrogens (tertiary/aromatic N) is 1. The van der Waals surface area contributed by atoms with Gasteiger partial charge in [-0.05, 0) is 42.7 Å². The number of benzene rings is 2. The summed E-state index contributed by atoms with van der Waals surface area (Å²) >= 11 is 6.12. The highest BCUT2D eigenvalue weighted by molar-refractivity contribution is 6.32. The van der Waals surface area contributed by atoms with Gasteiger partial charge in [-0.3, -0.25) is 9.59 Å². The molecule has 0 saturated heterocycles. The smallest absolute Gasteiger partial charge is 0.261 e. The van der Waals surface area contributed by atoms with Gasteiger partial charge in [0.2, 0.25) is 5.91 Å². The van der Waals surface area contributed by atoms with Gasteiger partial charge in [0.15, 0.2) is 6.61 Å². The van der Waals surface area contributed by atoms with E-state index in [2.05, 4.69) is 5.32 Å². The maximum absolute atomic E-state index is 13.1. The minimum atomic E-state index is -0.606. The molecule has 0 heterocycles. The van der Waals surface area contributed by atoms with Gasteiger partial charge in [-0.25, -0.2) is 0 Å². The lowest BCUT2D eigenvalue weighted by molar-refractivity contribution is -0.143. The molecule has 1 N–H and O–H groups in total. The van der Waals surface area contributed by atoms with E-state index in [9.17, 15) is 9.59 Å². The van der Waals surface area contributed by atoms with Crippen molar-refractivity contribution in [3.8, 4) is 11.5 Å². The second kappa shape index (κ2) is 12.1. The molecule has 6 nitrogen and oxygen atoms in total. The van der Waals surface area contributed by atoms with E-state index in [1.807, 2.05) is 38.1 Å². The molecule has 0 aromatic heterocycles. The Bertz CT molecular complexity index is 843. The van der Waals surface area contributed by atoms with Gasteiger partial charge in [0, 0.05) is 13.1 Å². The Labute approximate surface area is 183 Å². The summed E-state index contributed by atoms with van der Waals surface area (Å²) in [5, 5.41) is 3.32. The van der Waals surface area contributed by atoms with E-state index in [-0.39, 0.29) is 25.0 Å². The zero-order chi connectivity index (χ0) is 21.9. The number of halogens is 1. The Balaban J connectivity index is 2.22. The number of rotatable bonds is 11. The van der Waals surface area contributed by atoms with Gasteiger partial charge in [0.05, 0.1) is 12.1 Å². The van der Waals surface area contributed by atoms with E-state index >= 15 is 0 Å². The van der Waals surface area contributed by atoms with Crippen LogP contribution >= 0.6 is 11.6 Å². The normalized spacial score (nSPS) is 11.5. The average Bonchev–Trinajstić information content (AvgIpc) is 2.76. The highest BCUT2D eigenvalue weighted by atomic mass is 35.5. The molecule has 7 heteroatoms. The molecule has 2 aromatic rings. The summed E-state index contributed by atoms with van der Waals surface area (Å²) in [4.78, 5) is 27.4. The van der Waals surface area contributed by atoms with Crippen molar-refractivity contribution in [2.45, 2.75) is 39.3 Å². The van der Waals surface area contributed by atoms with Crippen LogP contribution in [-0.2, 0) is 16.1 Å². The lowest BCUT2D eigenvalue weighted by atomic mass is 10.1. The van der Waals surface area contributed by atoms with E-state index in [0.717, 1.165) is 12.0 Å². The number of carbonyl (C=O) groups is 2. The predicted molar refractivity (Wildman–Crippen MR) is 118 cm³/mol. The zero-order valence-corrected chi connectivity index (χ0v) is 18.4. The monoisotopic (exact) mass is 432 g/mol. The third-order valence-electron chi connectivity index (χ3n) is 4.61. The largest absolute Gasteiger partial charge is 0.497 e. The second-order valence-corrected chi connectivity index (χ2v) is 7.21. The van der Waals surface area contributed by atoms with E-state index in [1.165, 1.54) is 0 Å². The third kappa shape index (κ3) is 6.66. The molecule has 0 unspecified atom stereocenters. The first kappa shape index (κ1) is 23.5. The molecular weight excluding hydrogens is 404 g/mol. The Kier molecular flexibility index (Phi) is 9.48. The molecular formula is C23H29ClN2O4. The second-order valence-electron chi connectivity index (χ2n) is 6.81. The molecule has 0 spiro atoms. The Morgan fingerprint density at radius 2 is 1.90 bits per heavy atom. The summed E-state index contributed by atoms with van der Waals surface area (Å²) in [6.45, 7) is 4.48. The van der Waals surface area contributed by atoms with Gasteiger partial charge < -0.3 is 19.7 Å². The van der Waals surface area contributed by atoms with Crippen molar-refractivity contribution in [1.82, 2.24) is 10.2 Å². The summed E-state index contributed by atoms with van der Waals surface area (Å²) < 4.78 is 10.9. The van der Waals surface area contributed by atoms with Crippen LogP contribution in [0.15, 0.2) is 48.5 Å². The van der Waals surface area contributed by atoms with Crippen molar-refractivity contribution in [3.63, 3.8) is 0 Å². The van der Waals surface area contributed by atoms with Crippen molar-refractivity contribution in [2.24, 2.45) is 0 Å². The SMILES string of the molecule is CCCNC(=O)[C@@H](CC)N(Cc1cccc(OC)c1)C(=O)COc1ccccc1Cl. The van der Waals surface area contributed by atoms with Crippen LogP contribution in [0.4, 0.5) is 0 Å². The first-order valence-electron chi connectivity index (χ1n) is 10.1. The number of methoxy groups -OCH3 is 1. The molecule has 1 atom stereocenters. The van der Waals surface area contributed by atoms with Crippen LogP contribution < -0.4 is 14.8 Å². The number of hydrogen-bond acceptors (Lipinski definition) is 4. The number of ether oxygens (including phenoxy) is 2. The van der Waals surface area contributed by atoms with E-state index in [0.29, 0.717) is 29.5 Å². The van der Waals surface area contributed by atoms with Gasteiger partial charge in [0.25, 0.3) is 5.91 Å². The van der Waals surface area contributed by atoms with Crippen LogP contribution in [0.25, 0.3) is 0 Å². The molecule has 0 aliphatic heterocycles. The highest BCUT2D eigenvalue weighted by Gasteiger charge is 2.29. The Hall–Kier alpha value is -2.73. The van der Waals surface area contributed by atoms with Gasteiger partial charge in [-0.2, -0.15) is 0 Å². The molecule has 0 radical (unpaired) electrons. The number of hydrogen-bond donors (Lipinski definition) is 1. The van der Waals surface area contributed by atoms with E-state index < -0.39 is 6.04 Å². The summed E-state index contributed by atoms with van der Waals surface area (Å²) in [6, 6.07) is 13.8. The molecule has 0 fully saturated rings. The molecule has 2 amide bonds. The molecule has 2 aromatic carbocycles. The first-order valence-corrected chi connectivity index (χ1v) is 10.4. The molecule has 0 aliphatic carbocycles. The lowest BCUT2D eigenvalue weighted by Gasteiger charge is -2.30. The summed E-state index contributed by atoms with van der Waals surface area (Å²) in [7, 11) is 1.59. The molecule has 0 aliphatic rings. The minimum Gasteiger partial charge on any atom is -0.497 e. The Morgan fingerprint density at radius 3 is 2.57 bits per heavy atom. The maximum atomic E-state index is 13.1. The number of amides is 2. The van der Waals surface area contributed by atoms with Crippen molar-refractivity contribution < 1.29 is 19.1 Å². The zero-order valence-electron chi connectivity index (χ0n) is 17.7. The lowest BCUT2D eigenvalue weighted by Crippen LogP contribution is -2.50. The fourth-order valence-electron chi connectivity index (χ4n) is 3.04. The molecule has 0 saturated carbocycles. The first-order chi connectivity index (χ1) is 14.5. The van der Waals surface area contributed by atoms with Gasteiger partial charge in [-0.1, -0.05) is 49.7 Å². The van der Waals surface area contributed by atoms with Crippen molar-refractivity contribution in [2.75, 3.05) is 20.3 Å². The topological polar surface area (TPSA) is 67.9 Å². The standard InChI is InChI=1S/C23H29ClN2O4/c1-4-13-25-23(28)20(5-2)26(15-17-9-8-10-18(14-17)29-3)22(27)16-30-21-12-7-6-11-19(21)24/h6-12,14,20H,4-5,13,15-16H2,1-3H3,(H,25,28)/t20-/m1/s1. The predicted octanol–water partition coefficient (Wildman–Crippen LogP) is 4.06. The fourth-order valence-corrected chi connectivity index (χ4v) is 3.23. The van der Waals surface area contributed by atoms with Gasteiger partial charge >= 0.3 is 0 Å². The van der Waals surface area contributed by atoms with Crippen LogP contribution in [0.5, 0.6) is 11.5 Å². The van der Waals surface area contributed by atoms with Crippen molar-refractivity contribution in [3.05, 3.63) is 59.1 Å². The van der Waals surface area contributed by atoms with Crippen LogP contribution in [-0.4, -0.2) is 43.0 Å². The average molecular weight is 433 g/mol. The van der Waals surface area contributed by atoms with Crippen LogP contribution in [0.2, 0.25) is 5.02 Å². The summed E-state index contributed by atoms with van der Waals surface area (Å²) in [5.74, 6) is 0.651. The highest BCUT2D eigenvalue weighted by Crippen LogP contribution is 2.23. The molecule has 30 heavy (non-hydrogen) atoms. The Morgan fingerprint density at radius 1 is 1.13 bits per heavy atom. The quantitative estimate of drug-likeness (QED) is 0.581. The van der Waals surface area contributed by atoms with Gasteiger partial charge in [0.1, 0.15) is 17.5 Å².